The van der Waals surface area contributed by atoms with E-state index in [1.807, 2.05) is 30.3 Å². The second-order valence-electron chi connectivity index (χ2n) is 7.30. The lowest BCUT2D eigenvalue weighted by molar-refractivity contribution is 0.405. The van der Waals surface area contributed by atoms with Crippen LogP contribution < -0.4 is 14.3 Å². The van der Waals surface area contributed by atoms with Crippen molar-refractivity contribution in [1.82, 2.24) is 9.29 Å². The number of nitrogens with one attached hydrogen (secondary N) is 1. The van der Waals surface area contributed by atoms with Crippen LogP contribution in [0.25, 0.3) is 10.2 Å². The van der Waals surface area contributed by atoms with Gasteiger partial charge in [-0.05, 0) is 48.9 Å². The van der Waals surface area contributed by atoms with E-state index >= 15 is 0 Å². The molecule has 0 unspecified atom stereocenters. The molecule has 1 N–H and O–H groups in total. The first-order chi connectivity index (χ1) is 15.3. The lowest BCUT2D eigenvalue weighted by Gasteiger charge is -2.17. The maximum atomic E-state index is 13.0. The molecule has 6 nitrogen and oxygen atoms in total. The van der Waals surface area contributed by atoms with E-state index in [9.17, 15) is 13.2 Å². The van der Waals surface area contributed by atoms with Crippen LogP contribution in [0, 0.1) is 0 Å². The molecule has 0 amide bonds. The van der Waals surface area contributed by atoms with E-state index in [1.54, 1.807) is 42.9 Å². The highest BCUT2D eigenvalue weighted by atomic mass is 35.5. The molecule has 3 aromatic carbocycles. The van der Waals surface area contributed by atoms with Crippen LogP contribution in [-0.4, -0.2) is 20.1 Å². The van der Waals surface area contributed by atoms with Gasteiger partial charge in [-0.25, -0.2) is 13.1 Å². The van der Waals surface area contributed by atoms with Gasteiger partial charge in [0.2, 0.25) is 10.0 Å². The summed E-state index contributed by atoms with van der Waals surface area (Å²) in [5.41, 5.74) is 2.35. The van der Waals surface area contributed by atoms with Gasteiger partial charge in [-0.2, -0.15) is 0 Å². The van der Waals surface area contributed by atoms with Crippen LogP contribution in [0.5, 0.6) is 5.75 Å². The van der Waals surface area contributed by atoms with E-state index in [0.29, 0.717) is 27.5 Å². The highest BCUT2D eigenvalue weighted by molar-refractivity contribution is 7.89. The quantitative estimate of drug-likeness (QED) is 0.405. The van der Waals surface area contributed by atoms with E-state index in [1.165, 1.54) is 12.1 Å². The van der Waals surface area contributed by atoms with Crippen molar-refractivity contribution in [1.29, 1.82) is 0 Å². The fourth-order valence-corrected chi connectivity index (χ4v) is 5.90. The molecule has 0 saturated heterocycles. The zero-order valence-corrected chi connectivity index (χ0v) is 19.8. The molecule has 1 atom stereocenters. The number of para-hydroxylation sites is 1. The van der Waals surface area contributed by atoms with Gasteiger partial charge in [0.15, 0.2) is 0 Å². The average Bonchev–Trinajstić information content (AvgIpc) is 3.09. The van der Waals surface area contributed by atoms with Crippen molar-refractivity contribution < 1.29 is 13.2 Å². The van der Waals surface area contributed by atoms with Gasteiger partial charge in [0.25, 0.3) is 0 Å². The molecule has 0 spiro atoms. The second kappa shape index (κ2) is 9.07. The normalized spacial score (nSPS) is 12.7. The standard InChI is InChI=1S/C23H21ClN2O4S2/c1-15(19-5-3-4-6-21(19)30-2)25-32(28,29)18-11-12-20-22(13-18)31-23(27)26(20)14-16-7-9-17(24)10-8-16/h3-13,15,25H,14H2,1-2H3/t15-/m0/s1. The van der Waals surface area contributed by atoms with Gasteiger partial charge in [0, 0.05) is 16.6 Å². The van der Waals surface area contributed by atoms with E-state index in [-0.39, 0.29) is 9.77 Å². The Kier molecular flexibility index (Phi) is 6.39. The van der Waals surface area contributed by atoms with Crippen LogP contribution in [0.3, 0.4) is 0 Å². The lowest BCUT2D eigenvalue weighted by Crippen LogP contribution is -2.27. The second-order valence-corrected chi connectivity index (χ2v) is 10.4. The van der Waals surface area contributed by atoms with E-state index in [2.05, 4.69) is 4.72 Å². The van der Waals surface area contributed by atoms with Crippen LogP contribution in [0.2, 0.25) is 5.02 Å². The van der Waals surface area contributed by atoms with Gasteiger partial charge in [-0.15, -0.1) is 0 Å². The van der Waals surface area contributed by atoms with Gasteiger partial charge in [0.05, 0.1) is 28.8 Å². The van der Waals surface area contributed by atoms with Crippen molar-refractivity contribution in [2.75, 3.05) is 7.11 Å². The Morgan fingerprint density at radius 3 is 2.53 bits per heavy atom. The third-order valence-electron chi connectivity index (χ3n) is 5.14. The number of halogens is 1. The van der Waals surface area contributed by atoms with Gasteiger partial charge in [-0.3, -0.25) is 9.36 Å². The molecule has 1 heterocycles. The topological polar surface area (TPSA) is 77.4 Å². The SMILES string of the molecule is COc1ccccc1[C@H](C)NS(=O)(=O)c1ccc2c(c1)sc(=O)n2Cc1ccc(Cl)cc1. The Labute approximate surface area is 195 Å². The van der Waals surface area contributed by atoms with Crippen molar-refractivity contribution in [3.05, 3.63) is 92.5 Å². The minimum Gasteiger partial charge on any atom is -0.496 e. The minimum absolute atomic E-state index is 0.103. The summed E-state index contributed by atoms with van der Waals surface area (Å²) in [5, 5.41) is 0.626. The highest BCUT2D eigenvalue weighted by Crippen LogP contribution is 2.27. The molecule has 166 valence electrons. The third-order valence-corrected chi connectivity index (χ3v) is 7.87. The maximum absolute atomic E-state index is 13.0. The summed E-state index contributed by atoms with van der Waals surface area (Å²) in [4.78, 5) is 12.5. The number of nitrogens with zero attached hydrogens (tertiary/aromatic N) is 1. The molecule has 0 fully saturated rings. The predicted octanol–water partition coefficient (Wildman–Crippen LogP) is 4.81. The number of aromatic nitrogens is 1. The monoisotopic (exact) mass is 488 g/mol. The first-order valence-electron chi connectivity index (χ1n) is 9.81. The molecule has 4 aromatic rings. The molecule has 0 bridgehead atoms. The minimum atomic E-state index is -3.82. The number of fused-ring (bicyclic) bond motifs is 1. The molecular weight excluding hydrogens is 468 g/mol. The molecule has 4 rings (SSSR count). The largest absolute Gasteiger partial charge is 0.496 e. The summed E-state index contributed by atoms with van der Waals surface area (Å²) < 4.78 is 36.3. The van der Waals surface area contributed by atoms with Crippen LogP contribution in [-0.2, 0) is 16.6 Å². The smallest absolute Gasteiger partial charge is 0.308 e. The predicted molar refractivity (Wildman–Crippen MR) is 128 cm³/mol. The average molecular weight is 489 g/mol. The Morgan fingerprint density at radius 1 is 1.09 bits per heavy atom. The number of thiazole rings is 1. The number of hydrogen-bond donors (Lipinski definition) is 1. The number of rotatable bonds is 7. The maximum Gasteiger partial charge on any atom is 0.308 e. The highest BCUT2D eigenvalue weighted by Gasteiger charge is 2.21. The number of benzene rings is 3. The van der Waals surface area contributed by atoms with Gasteiger partial charge in [-0.1, -0.05) is 53.3 Å². The molecule has 0 aliphatic heterocycles. The van der Waals surface area contributed by atoms with Crippen LogP contribution in [0.1, 0.15) is 24.1 Å². The zero-order chi connectivity index (χ0) is 22.9. The molecular formula is C23H21ClN2O4S2. The summed E-state index contributed by atoms with van der Waals surface area (Å²) in [7, 11) is -2.27. The third kappa shape index (κ3) is 4.59. The summed E-state index contributed by atoms with van der Waals surface area (Å²) in [6.45, 7) is 2.14. The van der Waals surface area contributed by atoms with Crippen molar-refractivity contribution in [3.8, 4) is 5.75 Å². The Morgan fingerprint density at radius 2 is 1.81 bits per heavy atom. The molecule has 32 heavy (non-hydrogen) atoms. The fraction of sp³-hybridized carbons (Fsp3) is 0.174. The van der Waals surface area contributed by atoms with E-state index in [0.717, 1.165) is 22.5 Å². The van der Waals surface area contributed by atoms with E-state index < -0.39 is 16.1 Å². The Balaban J connectivity index is 1.63. The Bertz CT molecular complexity index is 1430. The molecule has 0 saturated carbocycles. The van der Waals surface area contributed by atoms with Gasteiger partial charge < -0.3 is 4.74 Å². The Hall–Kier alpha value is -2.65. The molecule has 1 aromatic heterocycles. The zero-order valence-electron chi connectivity index (χ0n) is 17.4. The number of ether oxygens (including phenoxy) is 1. The summed E-state index contributed by atoms with van der Waals surface area (Å²) in [5.74, 6) is 0.607. The first kappa shape index (κ1) is 22.5. The first-order valence-corrected chi connectivity index (χ1v) is 12.5. The molecule has 9 heteroatoms. The summed E-state index contributed by atoms with van der Waals surface area (Å²) in [6.07, 6.45) is 0. The van der Waals surface area contributed by atoms with Crippen LogP contribution in [0.4, 0.5) is 0 Å². The fourth-order valence-electron chi connectivity index (χ4n) is 3.52. The van der Waals surface area contributed by atoms with Gasteiger partial charge >= 0.3 is 4.87 Å². The van der Waals surface area contributed by atoms with E-state index in [4.69, 9.17) is 16.3 Å². The number of hydrogen-bond acceptors (Lipinski definition) is 5. The summed E-state index contributed by atoms with van der Waals surface area (Å²) in [6, 6.07) is 18.8. The van der Waals surface area contributed by atoms with Crippen LogP contribution >= 0.6 is 22.9 Å². The van der Waals surface area contributed by atoms with Crippen molar-refractivity contribution in [2.24, 2.45) is 0 Å². The molecule has 0 aliphatic carbocycles. The van der Waals surface area contributed by atoms with Crippen LogP contribution in [0.15, 0.2) is 76.4 Å². The van der Waals surface area contributed by atoms with Gasteiger partial charge in [0.1, 0.15) is 5.75 Å². The van der Waals surface area contributed by atoms with Crippen molar-refractivity contribution >= 4 is 43.2 Å². The number of sulfonamides is 1. The molecule has 0 aliphatic rings. The van der Waals surface area contributed by atoms with Crippen molar-refractivity contribution in [3.63, 3.8) is 0 Å². The lowest BCUT2D eigenvalue weighted by atomic mass is 10.1. The number of methoxy groups -OCH3 is 1. The van der Waals surface area contributed by atoms with Crippen molar-refractivity contribution in [2.45, 2.75) is 24.4 Å². The summed E-state index contributed by atoms with van der Waals surface area (Å²) >= 11 is 6.96. The molecule has 0 radical (unpaired) electrons.